The first-order valence-electron chi connectivity index (χ1n) is 10.3. The van der Waals surface area contributed by atoms with Crippen LogP contribution in [0.5, 0.6) is 11.5 Å². The number of rotatable bonds is 5. The maximum absolute atomic E-state index is 10.5. The molecule has 0 fully saturated rings. The predicted molar refractivity (Wildman–Crippen MR) is 142 cm³/mol. The number of phenols is 1. The van der Waals surface area contributed by atoms with Crippen LogP contribution in [0.4, 0.5) is 5.69 Å². The van der Waals surface area contributed by atoms with Crippen molar-refractivity contribution < 1.29 is 35.8 Å². The molecule has 0 heterocycles. The number of benzene rings is 4. The van der Waals surface area contributed by atoms with Gasteiger partial charge in [0, 0.05) is 41.3 Å². The summed E-state index contributed by atoms with van der Waals surface area (Å²) in [5.74, 6) is 0.719. The zero-order valence-electron chi connectivity index (χ0n) is 19.9. The quantitative estimate of drug-likeness (QED) is 0.162. The Morgan fingerprint density at radius 3 is 1.57 bits per heavy atom. The van der Waals surface area contributed by atoms with Crippen molar-refractivity contribution in [3.63, 3.8) is 0 Å². The number of para-hydroxylation sites is 1. The van der Waals surface area contributed by atoms with E-state index in [9.17, 15) is 16.8 Å². The van der Waals surface area contributed by atoms with Crippen molar-refractivity contribution in [3.05, 3.63) is 115 Å². The summed E-state index contributed by atoms with van der Waals surface area (Å²) < 4.78 is 64.4. The van der Waals surface area contributed by atoms with Gasteiger partial charge in [-0.15, -0.1) is 0 Å². The Hall–Kier alpha value is -2.90. The molecular formula is C25H25NNaO8S2. The molecule has 0 atom stereocenters. The summed E-state index contributed by atoms with van der Waals surface area (Å²) in [7, 11) is -8.29. The van der Waals surface area contributed by atoms with Gasteiger partial charge in [-0.1, -0.05) is 60.7 Å². The number of anilines is 1. The molecule has 1 radical (unpaired) electrons. The van der Waals surface area contributed by atoms with Crippen molar-refractivity contribution in [1.29, 1.82) is 0 Å². The molecule has 0 aliphatic rings. The van der Waals surface area contributed by atoms with Gasteiger partial charge in [-0.25, -0.2) is 0 Å². The molecule has 0 unspecified atom stereocenters. The van der Waals surface area contributed by atoms with Gasteiger partial charge in [0.25, 0.3) is 20.2 Å². The van der Waals surface area contributed by atoms with Crippen LogP contribution in [0, 0.1) is 0 Å². The van der Waals surface area contributed by atoms with E-state index in [0.29, 0.717) is 12.3 Å². The van der Waals surface area contributed by atoms with Gasteiger partial charge in [0.1, 0.15) is 18.1 Å². The van der Waals surface area contributed by atoms with Gasteiger partial charge in [-0.3, -0.25) is 9.11 Å². The number of nitrogen functional groups attached to an aromatic ring is 1. The fourth-order valence-corrected chi connectivity index (χ4v) is 3.63. The van der Waals surface area contributed by atoms with E-state index >= 15 is 0 Å². The van der Waals surface area contributed by atoms with E-state index in [1.807, 2.05) is 48.5 Å². The number of aromatic hydroxyl groups is 1. The second kappa shape index (κ2) is 15.4. The Bertz CT molecular complexity index is 1340. The molecule has 0 saturated heterocycles. The maximum atomic E-state index is 10.5. The molecule has 0 saturated carbocycles. The van der Waals surface area contributed by atoms with Gasteiger partial charge in [0.05, 0.1) is 9.79 Å². The van der Waals surface area contributed by atoms with Crippen LogP contribution in [-0.2, 0) is 26.8 Å². The first kappa shape index (κ1) is 32.1. The zero-order chi connectivity index (χ0) is 26.6. The fraction of sp³-hybridized carbons (Fsp3) is 0.0400. The summed E-state index contributed by atoms with van der Waals surface area (Å²) in [5, 5.41) is 8.80. The maximum Gasteiger partial charge on any atom is 0.294 e. The largest absolute Gasteiger partial charge is 0.508 e. The summed E-state index contributed by atoms with van der Waals surface area (Å²) in [5.41, 5.74) is 6.78. The van der Waals surface area contributed by atoms with Crippen molar-refractivity contribution in [2.75, 3.05) is 5.73 Å². The van der Waals surface area contributed by atoms with Crippen LogP contribution in [0.1, 0.15) is 5.56 Å². The molecule has 0 amide bonds. The van der Waals surface area contributed by atoms with E-state index < -0.39 is 20.2 Å². The standard InChI is InChI=1S/C13H12O.C6H7NO3S.C6H6O4S.Na/c1-3-7-12(8-4-1)11-14-13-9-5-2-6-10-13;2*7-5-2-1-3-6(4-5)11(8,9)10;/h1-10H,11H2;1-4H,7H2,(H,8,9,10);1-4,7H,(H,8,9,10);. The molecule has 0 spiro atoms. The molecule has 4 aromatic carbocycles. The first-order chi connectivity index (χ1) is 16.9. The van der Waals surface area contributed by atoms with Crippen LogP contribution < -0.4 is 10.5 Å². The number of nitrogens with two attached hydrogens (primary N) is 1. The van der Waals surface area contributed by atoms with E-state index in [1.165, 1.54) is 48.0 Å². The van der Waals surface area contributed by atoms with Crippen LogP contribution in [0.2, 0.25) is 0 Å². The van der Waals surface area contributed by atoms with Crippen molar-refractivity contribution in [3.8, 4) is 11.5 Å². The smallest absolute Gasteiger partial charge is 0.294 e. The molecule has 9 nitrogen and oxygen atoms in total. The van der Waals surface area contributed by atoms with Gasteiger partial charge < -0.3 is 15.6 Å². The molecule has 0 aliphatic carbocycles. The second-order valence-electron chi connectivity index (χ2n) is 7.11. The summed E-state index contributed by atoms with van der Waals surface area (Å²) >= 11 is 0. The fourth-order valence-electron chi connectivity index (χ4n) is 2.58. The van der Waals surface area contributed by atoms with Gasteiger partial charge in [-0.2, -0.15) is 16.8 Å². The Morgan fingerprint density at radius 2 is 1.14 bits per heavy atom. The Kier molecular flexibility index (Phi) is 13.4. The van der Waals surface area contributed by atoms with Gasteiger partial charge >= 0.3 is 0 Å². The molecule has 0 aromatic heterocycles. The van der Waals surface area contributed by atoms with E-state index in [4.69, 9.17) is 24.7 Å². The SMILES string of the molecule is Nc1cccc(S(=O)(=O)O)c1.O=S(=O)(O)c1cccc(O)c1.[Na].c1ccc(COc2ccccc2)cc1. The van der Waals surface area contributed by atoms with Gasteiger partial charge in [-0.05, 0) is 48.0 Å². The molecule has 4 aromatic rings. The van der Waals surface area contributed by atoms with E-state index in [0.717, 1.165) is 11.8 Å². The molecule has 191 valence electrons. The van der Waals surface area contributed by atoms with Crippen molar-refractivity contribution >= 4 is 55.5 Å². The third kappa shape index (κ3) is 12.8. The molecule has 37 heavy (non-hydrogen) atoms. The number of phenolic OH excluding ortho intramolecular Hbond substituents is 1. The van der Waals surface area contributed by atoms with E-state index in [1.54, 1.807) is 0 Å². The van der Waals surface area contributed by atoms with Crippen molar-refractivity contribution in [1.82, 2.24) is 0 Å². The Labute approximate surface area is 238 Å². The molecule has 0 bridgehead atoms. The van der Waals surface area contributed by atoms with Crippen molar-refractivity contribution in [2.45, 2.75) is 16.4 Å². The average molecular weight is 555 g/mol. The Balaban J connectivity index is 0.000000277. The first-order valence-corrected chi connectivity index (χ1v) is 13.1. The zero-order valence-corrected chi connectivity index (χ0v) is 23.5. The minimum Gasteiger partial charge on any atom is -0.508 e. The second-order valence-corrected chi connectivity index (χ2v) is 9.95. The molecular weight excluding hydrogens is 529 g/mol. The minimum atomic E-state index is -4.19. The molecule has 4 rings (SSSR count). The van der Waals surface area contributed by atoms with Crippen LogP contribution >= 0.6 is 0 Å². The van der Waals surface area contributed by atoms with Crippen LogP contribution in [0.15, 0.2) is 119 Å². The predicted octanol–water partition coefficient (Wildman–Crippen LogP) is 4.04. The molecule has 5 N–H and O–H groups in total. The number of hydrogen-bond donors (Lipinski definition) is 4. The van der Waals surface area contributed by atoms with Crippen LogP contribution in [-0.4, -0.2) is 60.6 Å². The van der Waals surface area contributed by atoms with Gasteiger partial charge in [0.15, 0.2) is 0 Å². The average Bonchev–Trinajstić information content (AvgIpc) is 2.84. The summed E-state index contributed by atoms with van der Waals surface area (Å²) in [4.78, 5) is -0.491. The van der Waals surface area contributed by atoms with Crippen LogP contribution in [0.3, 0.4) is 0 Å². The third-order valence-electron chi connectivity index (χ3n) is 4.26. The normalized spacial score (nSPS) is 10.4. The summed E-state index contributed by atoms with van der Waals surface area (Å²) in [6.45, 7) is 0.630. The minimum absolute atomic E-state index is 0. The third-order valence-corrected chi connectivity index (χ3v) is 5.96. The van der Waals surface area contributed by atoms with E-state index in [2.05, 4.69) is 12.1 Å². The topological polar surface area (TPSA) is 164 Å². The summed E-state index contributed by atoms with van der Waals surface area (Å²) in [6, 6.07) is 30.3. The monoisotopic (exact) mass is 554 g/mol. The summed E-state index contributed by atoms with van der Waals surface area (Å²) in [6.07, 6.45) is 0. The van der Waals surface area contributed by atoms with E-state index in [-0.39, 0.29) is 45.1 Å². The van der Waals surface area contributed by atoms with Gasteiger partial charge in [0.2, 0.25) is 0 Å². The number of hydrogen-bond acceptors (Lipinski definition) is 7. The van der Waals surface area contributed by atoms with Crippen molar-refractivity contribution in [2.24, 2.45) is 0 Å². The molecule has 12 heteroatoms. The Morgan fingerprint density at radius 1 is 0.649 bits per heavy atom. The van der Waals surface area contributed by atoms with Crippen LogP contribution in [0.25, 0.3) is 0 Å². The molecule has 0 aliphatic heterocycles. The number of ether oxygens (including phenoxy) is 1.